The summed E-state index contributed by atoms with van der Waals surface area (Å²) in [5, 5.41) is 5.66. The SMILES string of the molecule is CC(C)OCCCNC(=O)N[C@H]1CC(=O)N(c2ccc3c(c2)OCCO3)C1. The van der Waals surface area contributed by atoms with Crippen LogP contribution in [-0.4, -0.2) is 57.0 Å². The Hall–Kier alpha value is -2.48. The zero-order chi connectivity index (χ0) is 19.2. The summed E-state index contributed by atoms with van der Waals surface area (Å²) in [6, 6.07) is 4.97. The van der Waals surface area contributed by atoms with E-state index in [1.807, 2.05) is 32.0 Å². The number of ether oxygens (including phenoxy) is 3. The van der Waals surface area contributed by atoms with E-state index < -0.39 is 0 Å². The van der Waals surface area contributed by atoms with E-state index in [0.29, 0.717) is 44.4 Å². The molecule has 27 heavy (non-hydrogen) atoms. The number of nitrogens with one attached hydrogen (secondary N) is 2. The Morgan fingerprint density at radius 1 is 1.30 bits per heavy atom. The lowest BCUT2D eigenvalue weighted by Gasteiger charge is -2.22. The van der Waals surface area contributed by atoms with Crippen molar-refractivity contribution in [3.63, 3.8) is 0 Å². The van der Waals surface area contributed by atoms with Crippen molar-refractivity contribution in [2.75, 3.05) is 37.8 Å². The highest BCUT2D eigenvalue weighted by Gasteiger charge is 2.32. The zero-order valence-corrected chi connectivity index (χ0v) is 15.8. The fourth-order valence-corrected chi connectivity index (χ4v) is 3.08. The summed E-state index contributed by atoms with van der Waals surface area (Å²) in [4.78, 5) is 26.0. The van der Waals surface area contributed by atoms with Gasteiger partial charge in [-0.1, -0.05) is 0 Å². The lowest BCUT2D eigenvalue weighted by Crippen LogP contribution is -2.43. The molecule has 1 atom stereocenters. The minimum absolute atomic E-state index is 0.0256. The van der Waals surface area contributed by atoms with Gasteiger partial charge in [0, 0.05) is 37.9 Å². The van der Waals surface area contributed by atoms with Crippen LogP contribution in [0, 0.1) is 0 Å². The van der Waals surface area contributed by atoms with Gasteiger partial charge in [-0.05, 0) is 32.4 Å². The smallest absolute Gasteiger partial charge is 0.315 e. The zero-order valence-electron chi connectivity index (χ0n) is 15.8. The van der Waals surface area contributed by atoms with Crippen molar-refractivity contribution in [1.82, 2.24) is 10.6 Å². The standard InChI is InChI=1S/C19H27N3O5/c1-13(2)25-7-3-6-20-19(24)21-14-10-18(23)22(12-14)15-4-5-16-17(11-15)27-9-8-26-16/h4-5,11,13-14H,3,6-10,12H2,1-2H3,(H2,20,21,24)/t14-/m0/s1. The molecule has 8 nitrogen and oxygen atoms in total. The normalized spacial score (nSPS) is 18.7. The van der Waals surface area contributed by atoms with Crippen molar-refractivity contribution < 1.29 is 23.8 Å². The Kier molecular flexibility index (Phi) is 6.39. The van der Waals surface area contributed by atoms with E-state index in [9.17, 15) is 9.59 Å². The molecule has 0 saturated carbocycles. The number of carbonyl (C=O) groups is 2. The van der Waals surface area contributed by atoms with Gasteiger partial charge in [-0.2, -0.15) is 0 Å². The van der Waals surface area contributed by atoms with Gasteiger partial charge in [-0.3, -0.25) is 4.79 Å². The van der Waals surface area contributed by atoms with Crippen LogP contribution in [0.4, 0.5) is 10.5 Å². The van der Waals surface area contributed by atoms with E-state index in [1.165, 1.54) is 0 Å². The van der Waals surface area contributed by atoms with E-state index in [0.717, 1.165) is 12.1 Å². The summed E-state index contributed by atoms with van der Waals surface area (Å²) in [6.07, 6.45) is 1.21. The highest BCUT2D eigenvalue weighted by atomic mass is 16.6. The minimum Gasteiger partial charge on any atom is -0.486 e. The van der Waals surface area contributed by atoms with Crippen LogP contribution in [0.25, 0.3) is 0 Å². The molecule has 1 aromatic carbocycles. The molecule has 0 spiro atoms. The Labute approximate surface area is 159 Å². The molecule has 0 aromatic heterocycles. The molecule has 1 saturated heterocycles. The Morgan fingerprint density at radius 2 is 2.07 bits per heavy atom. The second-order valence-corrected chi connectivity index (χ2v) is 6.91. The molecule has 0 unspecified atom stereocenters. The third-order valence-corrected chi connectivity index (χ3v) is 4.36. The molecule has 3 amide bonds. The maximum Gasteiger partial charge on any atom is 0.315 e. The van der Waals surface area contributed by atoms with Crippen LogP contribution in [0.15, 0.2) is 18.2 Å². The summed E-state index contributed by atoms with van der Waals surface area (Å²) in [5.74, 6) is 1.30. The van der Waals surface area contributed by atoms with E-state index in [4.69, 9.17) is 14.2 Å². The van der Waals surface area contributed by atoms with E-state index in [1.54, 1.807) is 4.90 Å². The maximum atomic E-state index is 12.4. The largest absolute Gasteiger partial charge is 0.486 e. The number of fused-ring (bicyclic) bond motifs is 1. The lowest BCUT2D eigenvalue weighted by molar-refractivity contribution is -0.117. The third-order valence-electron chi connectivity index (χ3n) is 4.36. The molecular formula is C19H27N3O5. The fraction of sp³-hybridized carbons (Fsp3) is 0.579. The molecule has 8 heteroatoms. The number of hydrogen-bond acceptors (Lipinski definition) is 5. The minimum atomic E-state index is -0.263. The van der Waals surface area contributed by atoms with Crippen molar-refractivity contribution in [1.29, 1.82) is 0 Å². The first-order chi connectivity index (χ1) is 13.0. The molecule has 3 rings (SSSR count). The van der Waals surface area contributed by atoms with Gasteiger partial charge >= 0.3 is 6.03 Å². The van der Waals surface area contributed by atoms with Gasteiger partial charge in [0.25, 0.3) is 0 Å². The molecule has 0 aliphatic carbocycles. The molecule has 2 N–H and O–H groups in total. The van der Waals surface area contributed by atoms with Crippen LogP contribution in [0.3, 0.4) is 0 Å². The average molecular weight is 377 g/mol. The quantitative estimate of drug-likeness (QED) is 0.706. The number of urea groups is 1. The lowest BCUT2D eigenvalue weighted by atomic mass is 10.2. The number of hydrogen-bond donors (Lipinski definition) is 2. The molecule has 148 valence electrons. The number of anilines is 1. The number of carbonyl (C=O) groups excluding carboxylic acids is 2. The van der Waals surface area contributed by atoms with Crippen LogP contribution in [0.1, 0.15) is 26.7 Å². The average Bonchev–Trinajstić information content (AvgIpc) is 3.00. The number of benzene rings is 1. The molecule has 1 fully saturated rings. The second-order valence-electron chi connectivity index (χ2n) is 6.91. The molecule has 0 bridgehead atoms. The van der Waals surface area contributed by atoms with Crippen LogP contribution in [0.2, 0.25) is 0 Å². The monoisotopic (exact) mass is 377 g/mol. The first-order valence-corrected chi connectivity index (χ1v) is 9.39. The van der Waals surface area contributed by atoms with Crippen molar-refractivity contribution in [3.8, 4) is 11.5 Å². The van der Waals surface area contributed by atoms with E-state index in [2.05, 4.69) is 10.6 Å². The molecule has 1 aromatic rings. The van der Waals surface area contributed by atoms with Crippen LogP contribution in [0.5, 0.6) is 11.5 Å². The summed E-state index contributed by atoms with van der Waals surface area (Å²) < 4.78 is 16.5. The number of nitrogens with zero attached hydrogens (tertiary/aromatic N) is 1. The van der Waals surface area contributed by atoms with E-state index >= 15 is 0 Å². The summed E-state index contributed by atoms with van der Waals surface area (Å²) in [7, 11) is 0. The van der Waals surface area contributed by atoms with Crippen LogP contribution >= 0.6 is 0 Å². The van der Waals surface area contributed by atoms with Gasteiger partial charge in [0.2, 0.25) is 5.91 Å². The topological polar surface area (TPSA) is 89.1 Å². The Morgan fingerprint density at radius 3 is 2.85 bits per heavy atom. The van der Waals surface area contributed by atoms with E-state index in [-0.39, 0.29) is 30.5 Å². The van der Waals surface area contributed by atoms with Gasteiger partial charge in [0.05, 0.1) is 12.1 Å². The van der Waals surface area contributed by atoms with Crippen molar-refractivity contribution >= 4 is 17.6 Å². The van der Waals surface area contributed by atoms with Crippen molar-refractivity contribution in [2.45, 2.75) is 38.8 Å². The molecule has 2 heterocycles. The predicted molar refractivity (Wildman–Crippen MR) is 100 cm³/mol. The predicted octanol–water partition coefficient (Wildman–Crippen LogP) is 1.68. The highest BCUT2D eigenvalue weighted by Crippen LogP contribution is 2.35. The third kappa shape index (κ3) is 5.26. The fourth-order valence-electron chi connectivity index (χ4n) is 3.08. The number of rotatable bonds is 7. The van der Waals surface area contributed by atoms with Crippen molar-refractivity contribution in [2.24, 2.45) is 0 Å². The van der Waals surface area contributed by atoms with Crippen LogP contribution in [-0.2, 0) is 9.53 Å². The Balaban J connectivity index is 1.47. The number of amides is 3. The molecule has 2 aliphatic rings. The van der Waals surface area contributed by atoms with Gasteiger partial charge in [0.1, 0.15) is 13.2 Å². The first-order valence-electron chi connectivity index (χ1n) is 9.39. The van der Waals surface area contributed by atoms with Gasteiger partial charge in [-0.15, -0.1) is 0 Å². The summed E-state index contributed by atoms with van der Waals surface area (Å²) >= 11 is 0. The van der Waals surface area contributed by atoms with Crippen molar-refractivity contribution in [3.05, 3.63) is 18.2 Å². The van der Waals surface area contributed by atoms with Crippen LogP contribution < -0.4 is 25.0 Å². The maximum absolute atomic E-state index is 12.4. The Bertz CT molecular complexity index is 679. The van der Waals surface area contributed by atoms with Gasteiger partial charge in [-0.25, -0.2) is 4.79 Å². The van der Waals surface area contributed by atoms with Gasteiger partial charge in [0.15, 0.2) is 11.5 Å². The first kappa shape index (κ1) is 19.3. The molecular weight excluding hydrogens is 350 g/mol. The molecule has 0 radical (unpaired) electrons. The second kappa shape index (κ2) is 8.94. The summed E-state index contributed by atoms with van der Waals surface area (Å²) in [6.45, 7) is 6.55. The van der Waals surface area contributed by atoms with Gasteiger partial charge < -0.3 is 29.7 Å². The highest BCUT2D eigenvalue weighted by molar-refractivity contribution is 5.97. The summed E-state index contributed by atoms with van der Waals surface area (Å²) in [5.41, 5.74) is 0.750. The molecule has 2 aliphatic heterocycles.